The minimum atomic E-state index is -0.631. The van der Waals surface area contributed by atoms with Gasteiger partial charge >= 0.3 is 0 Å². The molecule has 4 rings (SSSR count). The van der Waals surface area contributed by atoms with E-state index in [2.05, 4.69) is 6.07 Å². The number of hydrogen-bond donors (Lipinski definition) is 1. The van der Waals surface area contributed by atoms with Crippen molar-refractivity contribution in [3.63, 3.8) is 0 Å². The van der Waals surface area contributed by atoms with E-state index in [1.165, 1.54) is 18.2 Å². The first kappa shape index (κ1) is 19.5. The predicted octanol–water partition coefficient (Wildman–Crippen LogP) is 2.02. The number of hydrogen-bond acceptors (Lipinski definition) is 5. The lowest BCUT2D eigenvalue weighted by atomic mass is 10.1. The summed E-state index contributed by atoms with van der Waals surface area (Å²) >= 11 is 0. The number of nitro benzene ring substituents is 1. The topological polar surface area (TPSA) is 94.2 Å². The van der Waals surface area contributed by atoms with Crippen molar-refractivity contribution in [2.75, 3.05) is 20.8 Å². The van der Waals surface area contributed by atoms with Gasteiger partial charge in [0.2, 0.25) is 0 Å². The molecule has 3 aromatic carbocycles. The Balaban J connectivity index is 1.52. The molecule has 0 radical (unpaired) electrons. The highest BCUT2D eigenvalue weighted by Crippen LogP contribution is 2.30. The predicted molar refractivity (Wildman–Crippen MR) is 110 cm³/mol. The van der Waals surface area contributed by atoms with Crippen LogP contribution in [0.1, 0.15) is 26.3 Å². The van der Waals surface area contributed by atoms with E-state index in [0.717, 1.165) is 31.9 Å². The number of rotatable bonds is 6. The summed E-state index contributed by atoms with van der Waals surface area (Å²) in [6.07, 6.45) is 0. The molecule has 0 bridgehead atoms. The first-order valence-electron chi connectivity index (χ1n) is 9.40. The molecule has 0 spiro atoms. The van der Waals surface area contributed by atoms with Crippen molar-refractivity contribution in [2.24, 2.45) is 0 Å². The maximum atomic E-state index is 12.7. The molecule has 0 saturated carbocycles. The van der Waals surface area contributed by atoms with E-state index in [9.17, 15) is 19.7 Å². The van der Waals surface area contributed by atoms with Gasteiger partial charge in [0.25, 0.3) is 17.5 Å². The Morgan fingerprint density at radius 1 is 1.03 bits per heavy atom. The van der Waals surface area contributed by atoms with Crippen LogP contribution in [-0.2, 0) is 6.54 Å². The Kier molecular flexibility index (Phi) is 4.93. The molecule has 1 N–H and O–H groups in total. The standard InChI is InChI=1S/C22H19N3O5/c1-23(12-14-6-7-16-11-17(30-2)9-8-15(16)10-14)13-24-21(26)18-4-3-5-19(25(28)29)20(18)22(24)27/h3-11H,12-13H2,1-2H3/p+1. The van der Waals surface area contributed by atoms with Crippen LogP contribution in [0.4, 0.5) is 5.69 Å². The average Bonchev–Trinajstić information content (AvgIpc) is 2.98. The van der Waals surface area contributed by atoms with Gasteiger partial charge in [0.05, 0.1) is 24.6 Å². The van der Waals surface area contributed by atoms with Crippen molar-refractivity contribution < 1.29 is 24.1 Å². The molecule has 1 aliphatic heterocycles. The number of quaternary nitrogens is 1. The summed E-state index contributed by atoms with van der Waals surface area (Å²) in [6, 6.07) is 16.0. The largest absolute Gasteiger partial charge is 0.497 e. The number of nitro groups is 1. The lowest BCUT2D eigenvalue weighted by Crippen LogP contribution is -3.09. The van der Waals surface area contributed by atoms with Gasteiger partial charge in [-0.05, 0) is 35.0 Å². The summed E-state index contributed by atoms with van der Waals surface area (Å²) in [6.45, 7) is 0.696. The number of carbonyl (C=O) groups excluding carboxylic acids is 2. The fourth-order valence-electron chi connectivity index (χ4n) is 3.80. The first-order valence-corrected chi connectivity index (χ1v) is 9.40. The molecule has 0 fully saturated rings. The molecule has 152 valence electrons. The van der Waals surface area contributed by atoms with E-state index in [1.54, 1.807) is 7.11 Å². The maximum absolute atomic E-state index is 12.7. The number of methoxy groups -OCH3 is 1. The SMILES string of the molecule is COc1ccc2cc(C[NH+](C)CN3C(=O)c4cccc([N+](=O)[O-])c4C3=O)ccc2c1. The molecule has 0 aromatic heterocycles. The zero-order valence-electron chi connectivity index (χ0n) is 16.5. The summed E-state index contributed by atoms with van der Waals surface area (Å²) in [5.74, 6) is -0.325. The summed E-state index contributed by atoms with van der Waals surface area (Å²) in [5, 5.41) is 13.4. The third-order valence-corrected chi connectivity index (χ3v) is 5.22. The number of benzene rings is 3. The van der Waals surface area contributed by atoms with Gasteiger partial charge in [-0.1, -0.05) is 24.3 Å². The summed E-state index contributed by atoms with van der Waals surface area (Å²) in [4.78, 5) is 38.0. The van der Waals surface area contributed by atoms with Crippen molar-refractivity contribution in [3.8, 4) is 5.75 Å². The number of nitrogens with one attached hydrogen (secondary N) is 1. The molecule has 30 heavy (non-hydrogen) atoms. The van der Waals surface area contributed by atoms with Gasteiger partial charge in [0.1, 0.15) is 17.9 Å². The Morgan fingerprint density at radius 2 is 1.77 bits per heavy atom. The molecule has 1 unspecified atom stereocenters. The molecule has 0 aliphatic carbocycles. The van der Waals surface area contributed by atoms with Gasteiger partial charge in [0.15, 0.2) is 6.67 Å². The normalized spacial score (nSPS) is 14.1. The van der Waals surface area contributed by atoms with Gasteiger partial charge in [-0.3, -0.25) is 19.7 Å². The van der Waals surface area contributed by atoms with E-state index < -0.39 is 16.7 Å². The number of ether oxygens (including phenoxy) is 1. The quantitative estimate of drug-likeness (QED) is 0.384. The van der Waals surface area contributed by atoms with Gasteiger partial charge in [-0.2, -0.15) is 0 Å². The Hall–Kier alpha value is -3.78. The average molecular weight is 406 g/mol. The molecule has 8 heteroatoms. The summed E-state index contributed by atoms with van der Waals surface area (Å²) in [7, 11) is 3.50. The van der Waals surface area contributed by atoms with Crippen LogP contribution in [0, 0.1) is 10.1 Å². The van der Waals surface area contributed by atoms with E-state index in [4.69, 9.17) is 4.74 Å². The van der Waals surface area contributed by atoms with Crippen molar-refractivity contribution in [3.05, 3.63) is 81.4 Å². The Bertz CT molecular complexity index is 1190. The first-order chi connectivity index (χ1) is 14.4. The molecular weight excluding hydrogens is 386 g/mol. The summed E-state index contributed by atoms with van der Waals surface area (Å²) < 4.78 is 5.25. The fraction of sp³-hybridized carbons (Fsp3) is 0.182. The smallest absolute Gasteiger partial charge is 0.282 e. The van der Waals surface area contributed by atoms with Crippen LogP contribution in [0.25, 0.3) is 10.8 Å². The summed E-state index contributed by atoms with van der Waals surface area (Å²) in [5.41, 5.74) is 0.672. The second-order valence-corrected chi connectivity index (χ2v) is 7.33. The minimum Gasteiger partial charge on any atom is -0.497 e. The van der Waals surface area contributed by atoms with Crippen LogP contribution in [0.2, 0.25) is 0 Å². The second kappa shape index (κ2) is 7.57. The molecule has 1 atom stereocenters. The van der Waals surface area contributed by atoms with Crippen molar-refractivity contribution in [1.29, 1.82) is 0 Å². The van der Waals surface area contributed by atoms with E-state index >= 15 is 0 Å². The third-order valence-electron chi connectivity index (χ3n) is 5.22. The van der Waals surface area contributed by atoms with E-state index in [1.807, 2.05) is 37.4 Å². The van der Waals surface area contributed by atoms with Crippen molar-refractivity contribution in [1.82, 2.24) is 4.90 Å². The zero-order chi connectivity index (χ0) is 21.4. The van der Waals surface area contributed by atoms with Gasteiger partial charge < -0.3 is 9.64 Å². The van der Waals surface area contributed by atoms with Gasteiger partial charge in [-0.25, -0.2) is 4.90 Å². The molecule has 0 saturated heterocycles. The highest BCUT2D eigenvalue weighted by atomic mass is 16.6. The van der Waals surface area contributed by atoms with E-state index in [-0.39, 0.29) is 23.5 Å². The molecular formula is C22H20N3O5+. The maximum Gasteiger partial charge on any atom is 0.282 e. The highest BCUT2D eigenvalue weighted by molar-refractivity contribution is 6.23. The lowest BCUT2D eigenvalue weighted by Gasteiger charge is -2.20. The van der Waals surface area contributed by atoms with E-state index in [0.29, 0.717) is 6.54 Å². The monoisotopic (exact) mass is 406 g/mol. The van der Waals surface area contributed by atoms with Crippen molar-refractivity contribution in [2.45, 2.75) is 6.54 Å². The molecule has 8 nitrogen and oxygen atoms in total. The van der Waals surface area contributed by atoms with Crippen LogP contribution >= 0.6 is 0 Å². The Morgan fingerprint density at radius 3 is 2.50 bits per heavy atom. The van der Waals surface area contributed by atoms with Crippen molar-refractivity contribution >= 4 is 28.3 Å². The minimum absolute atomic E-state index is 0.0849. The third kappa shape index (κ3) is 3.37. The van der Waals surface area contributed by atoms with Gasteiger partial charge in [0, 0.05) is 11.6 Å². The van der Waals surface area contributed by atoms with Gasteiger partial charge in [-0.15, -0.1) is 0 Å². The van der Waals surface area contributed by atoms with Crippen LogP contribution in [0.15, 0.2) is 54.6 Å². The lowest BCUT2D eigenvalue weighted by molar-refractivity contribution is -0.901. The fourth-order valence-corrected chi connectivity index (χ4v) is 3.80. The number of nitrogens with zero attached hydrogens (tertiary/aromatic N) is 2. The van der Waals surface area contributed by atoms with Crippen LogP contribution in [0.3, 0.4) is 0 Å². The molecule has 3 aromatic rings. The highest BCUT2D eigenvalue weighted by Gasteiger charge is 2.42. The molecule has 1 heterocycles. The zero-order valence-corrected chi connectivity index (χ0v) is 16.5. The molecule has 2 amide bonds. The second-order valence-electron chi connectivity index (χ2n) is 7.33. The number of carbonyl (C=O) groups is 2. The Labute approximate surface area is 172 Å². The van der Waals surface area contributed by atoms with Crippen LogP contribution in [0.5, 0.6) is 5.75 Å². The number of amides is 2. The molecule has 1 aliphatic rings. The number of fused-ring (bicyclic) bond motifs is 2. The number of imide groups is 1. The van der Waals surface area contributed by atoms with Crippen LogP contribution in [-0.4, -0.2) is 42.5 Å². The van der Waals surface area contributed by atoms with Crippen LogP contribution < -0.4 is 9.64 Å².